The fourth-order valence-corrected chi connectivity index (χ4v) is 2.59. The van der Waals surface area contributed by atoms with E-state index in [1.54, 1.807) is 32.2 Å². The predicted octanol–water partition coefficient (Wildman–Crippen LogP) is 2.75. The third-order valence-corrected chi connectivity index (χ3v) is 3.84. The monoisotopic (exact) mass is 346 g/mol. The molecule has 0 aliphatic carbocycles. The van der Waals surface area contributed by atoms with E-state index in [0.717, 1.165) is 16.3 Å². The Bertz CT molecular complexity index is 1040. The Morgan fingerprint density at radius 2 is 1.92 bits per heavy atom. The van der Waals surface area contributed by atoms with Crippen molar-refractivity contribution in [1.29, 1.82) is 5.26 Å². The summed E-state index contributed by atoms with van der Waals surface area (Å²) in [6.07, 6.45) is 1.72. The highest BCUT2D eigenvalue weighted by Gasteiger charge is 2.13. The number of nitriles is 1. The van der Waals surface area contributed by atoms with Crippen LogP contribution in [0.2, 0.25) is 0 Å². The summed E-state index contributed by atoms with van der Waals surface area (Å²) in [5.41, 5.74) is 6.84. The van der Waals surface area contributed by atoms with Crippen molar-refractivity contribution in [2.24, 2.45) is 0 Å². The number of rotatable bonds is 4. The van der Waals surface area contributed by atoms with Crippen molar-refractivity contribution >= 4 is 34.3 Å². The first kappa shape index (κ1) is 17.2. The molecule has 0 aliphatic heterocycles. The van der Waals surface area contributed by atoms with Crippen molar-refractivity contribution in [2.75, 3.05) is 31.8 Å². The summed E-state index contributed by atoms with van der Waals surface area (Å²) in [7, 11) is 5.18. The Hall–Kier alpha value is -3.66. The fourth-order valence-electron chi connectivity index (χ4n) is 2.59. The Morgan fingerprint density at radius 3 is 2.62 bits per heavy atom. The van der Waals surface area contributed by atoms with Gasteiger partial charge in [0.15, 0.2) is 5.82 Å². The summed E-state index contributed by atoms with van der Waals surface area (Å²) < 4.78 is 5.48. The molecule has 0 radical (unpaired) electrons. The number of aromatic nitrogens is 3. The normalized spacial score (nSPS) is 11.2. The number of anilines is 2. The van der Waals surface area contributed by atoms with Crippen LogP contribution in [-0.4, -0.2) is 36.2 Å². The van der Waals surface area contributed by atoms with Gasteiger partial charge in [0, 0.05) is 19.7 Å². The molecule has 0 unspecified atom stereocenters. The molecule has 0 spiro atoms. The molecule has 3 rings (SSSR count). The molecule has 2 N–H and O–H groups in total. The number of nitrogen functional groups attached to an aromatic ring is 1. The molecule has 0 saturated carbocycles. The predicted molar refractivity (Wildman–Crippen MR) is 103 cm³/mol. The average molecular weight is 346 g/mol. The summed E-state index contributed by atoms with van der Waals surface area (Å²) in [6, 6.07) is 13.9. The van der Waals surface area contributed by atoms with Crippen molar-refractivity contribution < 1.29 is 4.74 Å². The molecule has 2 aromatic carbocycles. The highest BCUT2D eigenvalue weighted by atomic mass is 16.5. The van der Waals surface area contributed by atoms with Crippen LogP contribution in [0, 0.1) is 11.3 Å². The van der Waals surface area contributed by atoms with Crippen LogP contribution in [-0.2, 0) is 0 Å². The van der Waals surface area contributed by atoms with Crippen LogP contribution in [0.5, 0.6) is 5.75 Å². The van der Waals surface area contributed by atoms with Gasteiger partial charge in [-0.05, 0) is 22.9 Å². The zero-order valence-electron chi connectivity index (χ0n) is 14.8. The summed E-state index contributed by atoms with van der Waals surface area (Å²) >= 11 is 0. The third-order valence-electron chi connectivity index (χ3n) is 3.84. The zero-order chi connectivity index (χ0) is 18.7. The first-order valence-corrected chi connectivity index (χ1v) is 7.90. The Labute approximate surface area is 151 Å². The van der Waals surface area contributed by atoms with Crippen LogP contribution in [0.15, 0.2) is 36.4 Å². The van der Waals surface area contributed by atoms with Gasteiger partial charge in [0.1, 0.15) is 11.8 Å². The highest BCUT2D eigenvalue weighted by molar-refractivity contribution is 5.99. The molecule has 0 aliphatic rings. The number of allylic oxidation sites excluding steroid dienone is 1. The number of hydrogen-bond donors (Lipinski definition) is 1. The number of nitrogens with zero attached hydrogens (tertiary/aromatic N) is 5. The van der Waals surface area contributed by atoms with Gasteiger partial charge in [0.05, 0.1) is 12.7 Å². The van der Waals surface area contributed by atoms with E-state index in [1.165, 1.54) is 0 Å². The van der Waals surface area contributed by atoms with Gasteiger partial charge in [0.2, 0.25) is 11.9 Å². The van der Waals surface area contributed by atoms with Crippen molar-refractivity contribution in [1.82, 2.24) is 15.0 Å². The molecule has 0 bridgehead atoms. The van der Waals surface area contributed by atoms with Gasteiger partial charge in [-0.2, -0.15) is 20.2 Å². The minimum absolute atomic E-state index is 0.0599. The molecule has 0 atom stereocenters. The van der Waals surface area contributed by atoms with E-state index in [1.807, 2.05) is 36.4 Å². The zero-order valence-corrected chi connectivity index (χ0v) is 14.8. The second-order valence-corrected chi connectivity index (χ2v) is 5.78. The van der Waals surface area contributed by atoms with Crippen LogP contribution in [0.1, 0.15) is 11.4 Å². The Morgan fingerprint density at radius 1 is 1.15 bits per heavy atom. The quantitative estimate of drug-likeness (QED) is 0.725. The van der Waals surface area contributed by atoms with Crippen molar-refractivity contribution in [3.8, 4) is 11.8 Å². The lowest BCUT2D eigenvalue weighted by molar-refractivity contribution is 0.414. The minimum atomic E-state index is 0.0599. The lowest BCUT2D eigenvalue weighted by Gasteiger charge is -2.12. The van der Waals surface area contributed by atoms with Crippen molar-refractivity contribution in [2.45, 2.75) is 0 Å². The third kappa shape index (κ3) is 3.26. The Balaban J connectivity index is 2.23. The molecule has 7 heteroatoms. The SMILES string of the molecule is COc1ccc2ccccc2c1/C=C(/C#N)c1nc(N)nc(N(C)C)n1. The van der Waals surface area contributed by atoms with Gasteiger partial charge in [0.25, 0.3) is 0 Å². The van der Waals surface area contributed by atoms with E-state index in [0.29, 0.717) is 11.7 Å². The van der Waals surface area contributed by atoms with Crippen LogP contribution < -0.4 is 15.4 Å². The van der Waals surface area contributed by atoms with Crippen LogP contribution in [0.25, 0.3) is 22.4 Å². The van der Waals surface area contributed by atoms with E-state index in [9.17, 15) is 5.26 Å². The maximum absolute atomic E-state index is 9.68. The van der Waals surface area contributed by atoms with Gasteiger partial charge in [-0.1, -0.05) is 30.3 Å². The van der Waals surface area contributed by atoms with Crippen LogP contribution in [0.3, 0.4) is 0 Å². The van der Waals surface area contributed by atoms with Gasteiger partial charge in [-0.3, -0.25) is 0 Å². The summed E-state index contributed by atoms with van der Waals surface area (Å²) in [5.74, 6) is 1.33. The summed E-state index contributed by atoms with van der Waals surface area (Å²) in [4.78, 5) is 14.2. The molecule has 3 aromatic rings. The molecule has 0 fully saturated rings. The van der Waals surface area contributed by atoms with Crippen LogP contribution in [0.4, 0.5) is 11.9 Å². The summed E-state index contributed by atoms with van der Waals surface area (Å²) in [6.45, 7) is 0. The number of methoxy groups -OCH3 is 1. The summed E-state index contributed by atoms with van der Waals surface area (Å²) in [5, 5.41) is 11.7. The van der Waals surface area contributed by atoms with E-state index < -0.39 is 0 Å². The van der Waals surface area contributed by atoms with Gasteiger partial charge in [-0.15, -0.1) is 0 Å². The first-order chi connectivity index (χ1) is 12.5. The molecule has 0 amide bonds. The largest absolute Gasteiger partial charge is 0.496 e. The number of fused-ring (bicyclic) bond motifs is 1. The van der Waals surface area contributed by atoms with E-state index in [-0.39, 0.29) is 17.3 Å². The number of hydrogen-bond acceptors (Lipinski definition) is 7. The molecule has 0 saturated heterocycles. The van der Waals surface area contributed by atoms with Crippen molar-refractivity contribution in [3.63, 3.8) is 0 Å². The Kier molecular flexibility index (Phi) is 4.67. The molecule has 1 heterocycles. The molecule has 26 heavy (non-hydrogen) atoms. The maximum Gasteiger partial charge on any atom is 0.230 e. The number of benzene rings is 2. The molecule has 7 nitrogen and oxygen atoms in total. The van der Waals surface area contributed by atoms with E-state index in [2.05, 4.69) is 21.0 Å². The van der Waals surface area contributed by atoms with Gasteiger partial charge < -0.3 is 15.4 Å². The molecular weight excluding hydrogens is 328 g/mol. The van der Waals surface area contributed by atoms with E-state index >= 15 is 0 Å². The molecule has 1 aromatic heterocycles. The van der Waals surface area contributed by atoms with E-state index in [4.69, 9.17) is 10.5 Å². The topological polar surface area (TPSA) is 101 Å². The average Bonchev–Trinajstić information content (AvgIpc) is 2.65. The van der Waals surface area contributed by atoms with Crippen molar-refractivity contribution in [3.05, 3.63) is 47.8 Å². The standard InChI is InChI=1S/C19H18N6O/c1-25(2)19-23-17(22-18(21)24-19)13(11-20)10-15-14-7-5-4-6-12(14)8-9-16(15)26-3/h4-10H,1-3H3,(H2,21,22,23,24)/b13-10-. The molecule has 130 valence electrons. The second-order valence-electron chi connectivity index (χ2n) is 5.78. The highest BCUT2D eigenvalue weighted by Crippen LogP contribution is 2.31. The van der Waals surface area contributed by atoms with Gasteiger partial charge >= 0.3 is 0 Å². The first-order valence-electron chi connectivity index (χ1n) is 7.90. The lowest BCUT2D eigenvalue weighted by atomic mass is 10.0. The maximum atomic E-state index is 9.68. The fraction of sp³-hybridized carbons (Fsp3) is 0.158. The van der Waals surface area contributed by atoms with Crippen LogP contribution >= 0.6 is 0 Å². The smallest absolute Gasteiger partial charge is 0.230 e. The molecular formula is C19H18N6O. The number of ether oxygens (including phenoxy) is 1. The minimum Gasteiger partial charge on any atom is -0.496 e. The lowest BCUT2D eigenvalue weighted by Crippen LogP contribution is -2.15. The second kappa shape index (κ2) is 7.07. The van der Waals surface area contributed by atoms with Gasteiger partial charge in [-0.25, -0.2) is 0 Å². The number of nitrogens with two attached hydrogens (primary N) is 1.